The molecular formula is C7H6ClN3O2. The van der Waals surface area contributed by atoms with E-state index in [-0.39, 0.29) is 16.7 Å². The first-order valence-corrected chi connectivity index (χ1v) is 3.64. The molecule has 0 fully saturated rings. The zero-order valence-corrected chi connectivity index (χ0v) is 7.28. The molecule has 0 bridgehead atoms. The first-order chi connectivity index (χ1) is 6.13. The molecule has 0 unspecified atom stereocenters. The van der Waals surface area contributed by atoms with Crippen molar-refractivity contribution < 1.29 is 9.53 Å². The maximum atomic E-state index is 10.7. The molecule has 0 radical (unpaired) electrons. The van der Waals surface area contributed by atoms with E-state index >= 15 is 0 Å². The topological polar surface area (TPSA) is 78.1 Å². The van der Waals surface area contributed by atoms with Crippen LogP contribution in [0.15, 0.2) is 18.7 Å². The number of nitrogen functional groups attached to an aromatic ring is 1. The Bertz CT molecular complexity index is 354. The molecular weight excluding hydrogens is 194 g/mol. The van der Waals surface area contributed by atoms with Gasteiger partial charge in [0.2, 0.25) is 0 Å². The number of anilines is 1. The Morgan fingerprint density at radius 3 is 2.92 bits per heavy atom. The van der Waals surface area contributed by atoms with E-state index in [0.29, 0.717) is 0 Å². The van der Waals surface area contributed by atoms with E-state index in [0.717, 1.165) is 6.08 Å². The van der Waals surface area contributed by atoms with Gasteiger partial charge in [0.1, 0.15) is 0 Å². The highest BCUT2D eigenvalue weighted by Gasteiger charge is 2.07. The summed E-state index contributed by atoms with van der Waals surface area (Å²) in [6, 6.07) is 1.33. The van der Waals surface area contributed by atoms with Crippen molar-refractivity contribution in [2.75, 3.05) is 5.73 Å². The highest BCUT2D eigenvalue weighted by atomic mass is 35.5. The van der Waals surface area contributed by atoms with E-state index in [1.807, 2.05) is 0 Å². The van der Waals surface area contributed by atoms with Crippen LogP contribution in [0.2, 0.25) is 5.15 Å². The standard InChI is InChI=1S/C7H6ClN3O2/c1-2-6(12)13-7-4(9)3-5(8)10-11-7/h2-3H,1H2,(H2,9,10). The third-order valence-corrected chi connectivity index (χ3v) is 1.31. The van der Waals surface area contributed by atoms with Crippen molar-refractivity contribution in [3.8, 4) is 5.88 Å². The Morgan fingerprint density at radius 1 is 1.69 bits per heavy atom. The van der Waals surface area contributed by atoms with Crippen molar-refractivity contribution in [3.63, 3.8) is 0 Å². The van der Waals surface area contributed by atoms with Gasteiger partial charge in [-0.3, -0.25) is 0 Å². The van der Waals surface area contributed by atoms with Crippen LogP contribution in [0.5, 0.6) is 5.88 Å². The second-order valence-corrected chi connectivity index (χ2v) is 2.44. The number of carbonyl (C=O) groups excluding carboxylic acids is 1. The predicted octanol–water partition coefficient (Wildman–Crippen LogP) is 0.804. The van der Waals surface area contributed by atoms with Gasteiger partial charge in [-0.2, -0.15) is 0 Å². The van der Waals surface area contributed by atoms with Gasteiger partial charge in [-0.1, -0.05) is 18.2 Å². The molecule has 0 aliphatic heterocycles. The van der Waals surface area contributed by atoms with Crippen molar-refractivity contribution in [1.82, 2.24) is 10.2 Å². The molecule has 1 aromatic rings. The lowest BCUT2D eigenvalue weighted by Gasteiger charge is -2.01. The predicted molar refractivity (Wildman–Crippen MR) is 47.3 cm³/mol. The van der Waals surface area contributed by atoms with Crippen LogP contribution in [0, 0.1) is 0 Å². The number of hydrogen-bond donors (Lipinski definition) is 1. The summed E-state index contributed by atoms with van der Waals surface area (Å²) in [5.41, 5.74) is 5.57. The summed E-state index contributed by atoms with van der Waals surface area (Å²) in [6.07, 6.45) is 0.996. The smallest absolute Gasteiger partial charge is 0.337 e. The number of nitrogens with zero attached hydrogens (tertiary/aromatic N) is 2. The fourth-order valence-electron chi connectivity index (χ4n) is 0.586. The van der Waals surface area contributed by atoms with Crippen molar-refractivity contribution in [2.24, 2.45) is 0 Å². The minimum atomic E-state index is -0.650. The summed E-state index contributed by atoms with van der Waals surface area (Å²) in [4.78, 5) is 10.7. The molecule has 1 heterocycles. The number of nitrogens with two attached hydrogens (primary N) is 1. The fraction of sp³-hybridized carbons (Fsp3) is 0. The number of rotatable bonds is 2. The van der Waals surface area contributed by atoms with Gasteiger partial charge < -0.3 is 10.5 Å². The Hall–Kier alpha value is -1.62. The summed E-state index contributed by atoms with van der Waals surface area (Å²) < 4.78 is 4.64. The first-order valence-electron chi connectivity index (χ1n) is 3.26. The summed E-state index contributed by atoms with van der Waals surface area (Å²) in [6.45, 7) is 3.21. The highest BCUT2D eigenvalue weighted by Crippen LogP contribution is 2.19. The largest absolute Gasteiger partial charge is 0.400 e. The van der Waals surface area contributed by atoms with Crippen LogP contribution in [0.3, 0.4) is 0 Å². The van der Waals surface area contributed by atoms with Gasteiger partial charge >= 0.3 is 5.97 Å². The molecule has 1 rings (SSSR count). The molecule has 2 N–H and O–H groups in total. The van der Waals surface area contributed by atoms with Crippen LogP contribution < -0.4 is 10.5 Å². The minimum absolute atomic E-state index is 0.0747. The second kappa shape index (κ2) is 3.86. The third-order valence-electron chi connectivity index (χ3n) is 1.12. The zero-order valence-electron chi connectivity index (χ0n) is 6.53. The fourth-order valence-corrected chi connectivity index (χ4v) is 0.741. The SMILES string of the molecule is C=CC(=O)Oc1nnc(Cl)cc1N. The van der Waals surface area contributed by atoms with Crippen LogP contribution in [0.25, 0.3) is 0 Å². The van der Waals surface area contributed by atoms with Crippen molar-refractivity contribution in [2.45, 2.75) is 0 Å². The van der Waals surface area contributed by atoms with Gasteiger partial charge in [-0.25, -0.2) is 4.79 Å². The van der Waals surface area contributed by atoms with E-state index in [2.05, 4.69) is 21.5 Å². The lowest BCUT2D eigenvalue weighted by Crippen LogP contribution is -2.07. The highest BCUT2D eigenvalue weighted by molar-refractivity contribution is 6.29. The van der Waals surface area contributed by atoms with Crippen LogP contribution in [-0.2, 0) is 4.79 Å². The number of carbonyl (C=O) groups is 1. The molecule has 0 amide bonds. The van der Waals surface area contributed by atoms with E-state index in [9.17, 15) is 4.79 Å². The molecule has 5 nitrogen and oxygen atoms in total. The normalized spacial score (nSPS) is 9.31. The second-order valence-electron chi connectivity index (χ2n) is 2.05. The molecule has 0 saturated carbocycles. The lowest BCUT2D eigenvalue weighted by atomic mass is 10.5. The van der Waals surface area contributed by atoms with Crippen LogP contribution >= 0.6 is 11.6 Å². The number of esters is 1. The quantitative estimate of drug-likeness (QED) is 0.563. The zero-order chi connectivity index (χ0) is 9.84. The summed E-state index contributed by atoms with van der Waals surface area (Å²) in [7, 11) is 0. The summed E-state index contributed by atoms with van der Waals surface area (Å²) >= 11 is 5.47. The van der Waals surface area contributed by atoms with E-state index < -0.39 is 5.97 Å². The molecule has 0 aliphatic carbocycles. The number of ether oxygens (including phenoxy) is 1. The molecule has 0 aliphatic rings. The molecule has 1 aromatic heterocycles. The summed E-state index contributed by atoms with van der Waals surface area (Å²) in [5.74, 6) is -0.724. The van der Waals surface area contributed by atoms with Crippen LogP contribution in [0.1, 0.15) is 0 Å². The Morgan fingerprint density at radius 2 is 2.38 bits per heavy atom. The summed E-state index contributed by atoms with van der Waals surface area (Å²) in [5, 5.41) is 7.05. The Kier molecular flexibility index (Phi) is 2.81. The maximum Gasteiger partial charge on any atom is 0.337 e. The minimum Gasteiger partial charge on any atom is -0.400 e. The molecule has 68 valence electrons. The first kappa shape index (κ1) is 9.47. The average Bonchev–Trinajstić information content (AvgIpc) is 2.09. The average molecular weight is 200 g/mol. The number of halogens is 1. The molecule has 6 heteroatoms. The third kappa shape index (κ3) is 2.41. The van der Waals surface area contributed by atoms with E-state index in [1.54, 1.807) is 0 Å². The molecule has 0 aromatic carbocycles. The van der Waals surface area contributed by atoms with Gasteiger partial charge in [0, 0.05) is 12.1 Å². The van der Waals surface area contributed by atoms with Gasteiger partial charge in [-0.15, -0.1) is 10.2 Å². The van der Waals surface area contributed by atoms with E-state index in [1.165, 1.54) is 6.07 Å². The lowest BCUT2D eigenvalue weighted by molar-refractivity contribution is -0.129. The molecule has 0 spiro atoms. The Balaban J connectivity index is 2.89. The van der Waals surface area contributed by atoms with Gasteiger partial charge in [0.25, 0.3) is 5.88 Å². The monoisotopic (exact) mass is 199 g/mol. The number of aromatic nitrogens is 2. The number of hydrogen-bond acceptors (Lipinski definition) is 5. The van der Waals surface area contributed by atoms with Crippen molar-refractivity contribution >= 4 is 23.3 Å². The van der Waals surface area contributed by atoms with Crippen LogP contribution in [-0.4, -0.2) is 16.2 Å². The van der Waals surface area contributed by atoms with Crippen LogP contribution in [0.4, 0.5) is 5.69 Å². The van der Waals surface area contributed by atoms with E-state index in [4.69, 9.17) is 17.3 Å². The Labute approximate surface area is 79.2 Å². The molecule has 13 heavy (non-hydrogen) atoms. The van der Waals surface area contributed by atoms with Crippen molar-refractivity contribution in [1.29, 1.82) is 0 Å². The molecule has 0 atom stereocenters. The maximum absolute atomic E-state index is 10.7. The van der Waals surface area contributed by atoms with Crippen molar-refractivity contribution in [3.05, 3.63) is 23.9 Å². The van der Waals surface area contributed by atoms with Gasteiger partial charge in [-0.05, 0) is 0 Å². The van der Waals surface area contributed by atoms with Gasteiger partial charge in [0.05, 0.1) is 5.69 Å². The molecule has 0 saturated heterocycles. The van der Waals surface area contributed by atoms with Gasteiger partial charge in [0.15, 0.2) is 5.15 Å².